The second-order valence-electron chi connectivity index (χ2n) is 19.4. The molecule has 0 fully saturated rings. The molecule has 0 spiro atoms. The first-order chi connectivity index (χ1) is 38.7. The number of benzene rings is 7. The van der Waals surface area contributed by atoms with Crippen LogP contribution in [0.4, 0.5) is 0 Å². The second kappa shape index (κ2) is 17.0. The fourth-order valence-electron chi connectivity index (χ4n) is 12.1. The Hall–Kier alpha value is -11.1. The highest BCUT2D eigenvalue weighted by atomic mass is 15.2. The first kappa shape index (κ1) is 43.3. The van der Waals surface area contributed by atoms with Crippen LogP contribution in [0.1, 0.15) is 5.56 Å². The van der Waals surface area contributed by atoms with Crippen molar-refractivity contribution in [3.05, 3.63) is 243 Å². The third-order valence-corrected chi connectivity index (χ3v) is 15.2. The van der Waals surface area contributed by atoms with Crippen molar-refractivity contribution in [2.24, 2.45) is 0 Å². The fourth-order valence-corrected chi connectivity index (χ4v) is 12.1. The van der Waals surface area contributed by atoms with Gasteiger partial charge >= 0.3 is 0 Å². The molecule has 11 nitrogen and oxygen atoms in total. The van der Waals surface area contributed by atoms with E-state index in [0.29, 0.717) is 73.7 Å². The van der Waals surface area contributed by atoms with Crippen molar-refractivity contribution in [2.45, 2.75) is 0 Å². The van der Waals surface area contributed by atoms with Crippen LogP contribution in [-0.4, -0.2) is 48.2 Å². The minimum absolute atomic E-state index is 0.349. The van der Waals surface area contributed by atoms with E-state index in [1.807, 2.05) is 110 Å². The van der Waals surface area contributed by atoms with Crippen molar-refractivity contribution in [1.29, 1.82) is 5.26 Å². The summed E-state index contributed by atoms with van der Waals surface area (Å²) in [5.74, 6) is 0.513. The summed E-state index contributed by atoms with van der Waals surface area (Å²) in [5, 5.41) is 20.6. The van der Waals surface area contributed by atoms with E-state index in [1.165, 1.54) is 0 Å². The van der Waals surface area contributed by atoms with Crippen LogP contribution >= 0.6 is 0 Å². The Morgan fingerprint density at radius 2 is 0.654 bits per heavy atom. The van der Waals surface area contributed by atoms with Gasteiger partial charge in [-0.2, -0.15) is 5.26 Å². The van der Waals surface area contributed by atoms with Crippen LogP contribution in [0.15, 0.2) is 237 Å². The highest BCUT2D eigenvalue weighted by Crippen LogP contribution is 2.51. The highest BCUT2D eigenvalue weighted by Gasteiger charge is 2.36. The Bertz CT molecular complexity index is 4900. The van der Waals surface area contributed by atoms with Crippen LogP contribution in [0.5, 0.6) is 0 Å². The number of hydrogen-bond donors (Lipinski definition) is 0. The van der Waals surface area contributed by atoms with Gasteiger partial charge in [-0.25, -0.2) is 29.9 Å². The zero-order valence-corrected chi connectivity index (χ0v) is 41.4. The molecule has 7 aromatic carbocycles. The summed E-state index contributed by atoms with van der Waals surface area (Å²) in [6, 6.07) is 75.3. The third-order valence-electron chi connectivity index (χ3n) is 15.2. The molecule has 9 heterocycles. The van der Waals surface area contributed by atoms with Crippen LogP contribution in [0, 0.1) is 11.3 Å². The molecule has 0 saturated heterocycles. The van der Waals surface area contributed by atoms with E-state index < -0.39 is 0 Å². The first-order valence-corrected chi connectivity index (χ1v) is 25.8. The van der Waals surface area contributed by atoms with Crippen molar-refractivity contribution < 1.29 is 0 Å². The number of pyridine rings is 4. The third kappa shape index (κ3) is 6.19. The van der Waals surface area contributed by atoms with Crippen LogP contribution in [-0.2, 0) is 0 Å². The predicted molar refractivity (Wildman–Crippen MR) is 312 cm³/mol. The lowest BCUT2D eigenvalue weighted by Gasteiger charge is -2.28. The van der Waals surface area contributed by atoms with E-state index in [9.17, 15) is 5.26 Å². The first-order valence-electron chi connectivity index (χ1n) is 25.8. The van der Waals surface area contributed by atoms with Gasteiger partial charge in [-0.3, -0.25) is 18.3 Å². The molecule has 0 radical (unpaired) electrons. The summed E-state index contributed by atoms with van der Waals surface area (Å²) >= 11 is 0. The topological polar surface area (TPSA) is 121 Å². The van der Waals surface area contributed by atoms with Gasteiger partial charge in [-0.1, -0.05) is 133 Å². The van der Waals surface area contributed by atoms with E-state index in [-0.39, 0.29) is 0 Å². The van der Waals surface area contributed by atoms with Gasteiger partial charge in [0.1, 0.15) is 34.2 Å². The minimum Gasteiger partial charge on any atom is -0.292 e. The van der Waals surface area contributed by atoms with Gasteiger partial charge in [0.25, 0.3) is 0 Å². The lowest BCUT2D eigenvalue weighted by molar-refractivity contribution is 1.00. The molecule has 11 heteroatoms. The molecular formula is C67H39N11. The minimum atomic E-state index is 0.349. The molecule has 0 unspecified atom stereocenters. The molecule has 78 heavy (non-hydrogen) atoms. The molecule has 0 atom stereocenters. The lowest BCUT2D eigenvalue weighted by Crippen LogP contribution is -2.17. The van der Waals surface area contributed by atoms with Crippen LogP contribution in [0.2, 0.25) is 0 Å². The zero-order valence-electron chi connectivity index (χ0n) is 41.4. The smallest absolute Gasteiger partial charge is 0.160 e. The average molecular weight is 998 g/mol. The van der Waals surface area contributed by atoms with E-state index in [1.54, 1.807) is 0 Å². The van der Waals surface area contributed by atoms with Crippen molar-refractivity contribution in [2.75, 3.05) is 0 Å². The molecular weight excluding hydrogens is 959 g/mol. The highest BCUT2D eigenvalue weighted by molar-refractivity contribution is 6.16. The van der Waals surface area contributed by atoms with Crippen LogP contribution in [0.3, 0.4) is 0 Å². The average Bonchev–Trinajstić information content (AvgIpc) is 4.34. The van der Waals surface area contributed by atoms with Gasteiger partial charge in [0.2, 0.25) is 0 Å². The largest absolute Gasteiger partial charge is 0.292 e. The van der Waals surface area contributed by atoms with Crippen molar-refractivity contribution in [3.8, 4) is 62.7 Å². The zero-order chi connectivity index (χ0) is 51.4. The van der Waals surface area contributed by atoms with Crippen molar-refractivity contribution in [3.63, 3.8) is 0 Å². The summed E-state index contributed by atoms with van der Waals surface area (Å²) in [6.45, 7) is 0. The Kier molecular flexibility index (Phi) is 9.43. The fraction of sp³-hybridized carbons (Fsp3) is 0. The van der Waals surface area contributed by atoms with Gasteiger partial charge in [0, 0.05) is 79.0 Å². The normalized spacial score (nSPS) is 11.8. The summed E-state index contributed by atoms with van der Waals surface area (Å²) in [4.78, 5) is 32.2. The number of nitrogens with zero attached hydrogens (tertiary/aromatic N) is 11. The van der Waals surface area contributed by atoms with Gasteiger partial charge in [-0.05, 0) is 78.9 Å². The van der Waals surface area contributed by atoms with Gasteiger partial charge in [0.15, 0.2) is 5.82 Å². The molecule has 0 aliphatic heterocycles. The number of nitriles is 1. The molecule has 0 aliphatic rings. The van der Waals surface area contributed by atoms with Crippen LogP contribution < -0.4 is 0 Å². The molecule has 0 amide bonds. The Morgan fingerprint density at radius 1 is 0.308 bits per heavy atom. The van der Waals surface area contributed by atoms with E-state index >= 15 is 0 Å². The van der Waals surface area contributed by atoms with E-state index in [2.05, 4.69) is 152 Å². The monoisotopic (exact) mass is 997 g/mol. The lowest BCUT2D eigenvalue weighted by atomic mass is 9.95. The molecule has 16 aromatic rings. The van der Waals surface area contributed by atoms with Crippen LogP contribution in [0.25, 0.3) is 144 Å². The Labute approximate surface area is 444 Å². The van der Waals surface area contributed by atoms with Gasteiger partial charge < -0.3 is 0 Å². The summed E-state index contributed by atoms with van der Waals surface area (Å²) in [6.07, 6.45) is 7.34. The van der Waals surface area contributed by atoms with E-state index in [0.717, 1.165) is 76.3 Å². The maximum absolute atomic E-state index is 12.8. The van der Waals surface area contributed by atoms with Gasteiger partial charge in [-0.15, -0.1) is 0 Å². The molecule has 9 aromatic heterocycles. The SMILES string of the molecule is N#Cc1c(-n2c3ccccc3c3cccnc32)c(-c2cc(-c3ccccc3)nc(-c3ccccc3)n2)c(-n2c3ccccc3c3cccnc32)c(-n2c3ccccc3c3cccnc32)c1-n1c2ccccc2c2cccnc21. The predicted octanol–water partition coefficient (Wildman–Crippen LogP) is 15.3. The number of fused-ring (bicyclic) bond motifs is 12. The Morgan fingerprint density at radius 3 is 1.09 bits per heavy atom. The standard InChI is InChI=1S/C67H39N11/c68-40-51-59(75-54-31-11-7-23-43(54)47-27-15-35-69-64(47)75)58(53-39-52(41-19-3-1-4-20-41)73-63(74-53)42-21-5-2-6-22-42)61(77-56-33-13-9-25-45(56)49-29-17-37-71-66(49)77)62(78-57-34-14-10-26-46(57)50-30-18-38-72-67(50)78)60(51)76-55-32-12-8-24-44(55)48-28-16-36-70-65(48)76/h1-39H. The quantitative estimate of drug-likeness (QED) is 0.156. The van der Waals surface area contributed by atoms with Gasteiger partial charge in [0.05, 0.1) is 61.8 Å². The van der Waals surface area contributed by atoms with Crippen molar-refractivity contribution in [1.82, 2.24) is 48.2 Å². The number of para-hydroxylation sites is 4. The van der Waals surface area contributed by atoms with E-state index in [4.69, 9.17) is 29.9 Å². The molecule has 16 rings (SSSR count). The number of rotatable bonds is 7. The maximum atomic E-state index is 12.8. The Balaban J connectivity index is 1.27. The molecule has 0 aliphatic carbocycles. The molecule has 0 saturated carbocycles. The molecule has 362 valence electrons. The van der Waals surface area contributed by atoms with Crippen molar-refractivity contribution >= 4 is 87.7 Å². The number of hydrogen-bond acceptors (Lipinski definition) is 7. The summed E-state index contributed by atoms with van der Waals surface area (Å²) in [7, 11) is 0. The molecule has 0 bridgehead atoms. The number of aromatic nitrogens is 10. The second-order valence-corrected chi connectivity index (χ2v) is 19.4. The summed E-state index contributed by atoms with van der Waals surface area (Å²) in [5.41, 5.74) is 12.7. The summed E-state index contributed by atoms with van der Waals surface area (Å²) < 4.78 is 8.89. The maximum Gasteiger partial charge on any atom is 0.160 e. The molecule has 0 N–H and O–H groups in total.